The van der Waals surface area contributed by atoms with Gasteiger partial charge in [0.2, 0.25) is 17.6 Å². The Hall–Kier alpha value is -3.72. The number of hydrogen-bond donors (Lipinski definition) is 3. The lowest BCUT2D eigenvalue weighted by molar-refractivity contribution is -0.125. The number of aromatic nitrogens is 2. The van der Waals surface area contributed by atoms with E-state index >= 15 is 0 Å². The molecule has 9 heteroatoms. The van der Waals surface area contributed by atoms with E-state index in [-0.39, 0.29) is 29.8 Å². The summed E-state index contributed by atoms with van der Waals surface area (Å²) in [7, 11) is 1.59. The van der Waals surface area contributed by atoms with Crippen molar-refractivity contribution >= 4 is 11.9 Å². The van der Waals surface area contributed by atoms with Crippen molar-refractivity contribution in [1.82, 2.24) is 26.1 Å². The molecular formula is C26H31N5O4. The largest absolute Gasteiger partial charge is 0.383 e. The van der Waals surface area contributed by atoms with Gasteiger partial charge < -0.3 is 25.2 Å². The first kappa shape index (κ1) is 24.4. The lowest BCUT2D eigenvalue weighted by Gasteiger charge is -2.18. The highest BCUT2D eigenvalue weighted by atomic mass is 16.5. The first-order valence-corrected chi connectivity index (χ1v) is 11.9. The molecule has 3 aromatic rings. The van der Waals surface area contributed by atoms with Crippen molar-refractivity contribution in [3.8, 4) is 11.4 Å². The molecule has 1 aliphatic rings. The van der Waals surface area contributed by atoms with Gasteiger partial charge in [-0.3, -0.25) is 4.79 Å². The number of carbonyl (C=O) groups is 2. The first-order valence-electron chi connectivity index (χ1n) is 11.9. The molecule has 3 atom stereocenters. The van der Waals surface area contributed by atoms with Crippen LogP contribution in [-0.2, 0) is 16.0 Å². The molecule has 1 fully saturated rings. The third kappa shape index (κ3) is 6.66. The number of ether oxygens (including phenoxy) is 1. The van der Waals surface area contributed by atoms with Gasteiger partial charge in [0.15, 0.2) is 0 Å². The van der Waals surface area contributed by atoms with Crippen molar-refractivity contribution in [2.24, 2.45) is 5.92 Å². The van der Waals surface area contributed by atoms with E-state index < -0.39 is 0 Å². The molecule has 1 aromatic heterocycles. The number of nitrogens with one attached hydrogen (secondary N) is 3. The van der Waals surface area contributed by atoms with Crippen LogP contribution in [0.1, 0.15) is 30.2 Å². The zero-order chi connectivity index (χ0) is 24.5. The molecule has 1 saturated carbocycles. The van der Waals surface area contributed by atoms with Crippen LogP contribution in [0.5, 0.6) is 0 Å². The van der Waals surface area contributed by atoms with Gasteiger partial charge in [-0.1, -0.05) is 65.8 Å². The van der Waals surface area contributed by atoms with Gasteiger partial charge in [-0.05, 0) is 24.8 Å². The minimum Gasteiger partial charge on any atom is -0.383 e. The van der Waals surface area contributed by atoms with E-state index in [1.807, 2.05) is 60.7 Å². The standard InChI is InChI=1S/C26H31N5O4/c1-34-15-14-27-24(32)20-16-21(25-30-23(31-35-25)19-10-6-3-7-11-19)22(17-20)29-26(33)28-13-12-18-8-4-2-5-9-18/h2-11,20-22H,12-17H2,1H3,(H,27,32)(H2,28,29,33)/t20-,21-,22+/m1/s1. The summed E-state index contributed by atoms with van der Waals surface area (Å²) in [6.45, 7) is 1.39. The summed E-state index contributed by atoms with van der Waals surface area (Å²) in [5, 5.41) is 13.0. The number of hydrogen-bond acceptors (Lipinski definition) is 6. The van der Waals surface area contributed by atoms with Gasteiger partial charge >= 0.3 is 6.03 Å². The fourth-order valence-electron chi connectivity index (χ4n) is 4.38. The third-order valence-corrected chi connectivity index (χ3v) is 6.19. The van der Waals surface area contributed by atoms with Crippen LogP contribution in [0, 0.1) is 5.92 Å². The van der Waals surface area contributed by atoms with Gasteiger partial charge in [0.05, 0.1) is 12.5 Å². The molecule has 0 spiro atoms. The highest BCUT2D eigenvalue weighted by molar-refractivity contribution is 5.80. The molecule has 3 amide bonds. The molecule has 0 unspecified atom stereocenters. The van der Waals surface area contributed by atoms with Crippen molar-refractivity contribution in [1.29, 1.82) is 0 Å². The Morgan fingerprint density at radius 2 is 1.74 bits per heavy atom. The number of methoxy groups -OCH3 is 1. The average molecular weight is 478 g/mol. The zero-order valence-corrected chi connectivity index (χ0v) is 19.8. The van der Waals surface area contributed by atoms with Gasteiger partial charge in [-0.25, -0.2) is 4.79 Å². The van der Waals surface area contributed by atoms with E-state index in [1.165, 1.54) is 0 Å². The summed E-state index contributed by atoms with van der Waals surface area (Å²) in [4.78, 5) is 30.0. The van der Waals surface area contributed by atoms with Gasteiger partial charge in [0, 0.05) is 37.7 Å². The summed E-state index contributed by atoms with van der Waals surface area (Å²) >= 11 is 0. The van der Waals surface area contributed by atoms with Crippen molar-refractivity contribution in [2.75, 3.05) is 26.8 Å². The minimum absolute atomic E-state index is 0.0661. The fourth-order valence-corrected chi connectivity index (χ4v) is 4.38. The Labute approximate surface area is 204 Å². The first-order chi connectivity index (χ1) is 17.1. The lowest BCUT2D eigenvalue weighted by atomic mass is 10.0. The van der Waals surface area contributed by atoms with Crippen LogP contribution in [-0.4, -0.2) is 54.9 Å². The third-order valence-electron chi connectivity index (χ3n) is 6.19. The zero-order valence-electron chi connectivity index (χ0n) is 19.8. The number of rotatable bonds is 10. The molecule has 2 aromatic carbocycles. The summed E-state index contributed by atoms with van der Waals surface area (Å²) < 4.78 is 10.6. The molecule has 4 rings (SSSR count). The maximum Gasteiger partial charge on any atom is 0.315 e. The average Bonchev–Trinajstić information content (AvgIpc) is 3.53. The predicted octanol–water partition coefficient (Wildman–Crippen LogP) is 2.90. The second-order valence-electron chi connectivity index (χ2n) is 8.62. The molecule has 9 nitrogen and oxygen atoms in total. The maximum absolute atomic E-state index is 12.7. The van der Waals surface area contributed by atoms with Crippen molar-refractivity contribution in [3.63, 3.8) is 0 Å². The molecule has 1 heterocycles. The van der Waals surface area contributed by atoms with Crippen LogP contribution in [0.25, 0.3) is 11.4 Å². The smallest absolute Gasteiger partial charge is 0.315 e. The van der Waals surface area contributed by atoms with Crippen LogP contribution in [0.15, 0.2) is 65.2 Å². The molecule has 0 bridgehead atoms. The lowest BCUT2D eigenvalue weighted by Crippen LogP contribution is -2.44. The monoisotopic (exact) mass is 477 g/mol. The van der Waals surface area contributed by atoms with Gasteiger partial charge in [0.25, 0.3) is 0 Å². The SMILES string of the molecule is COCCNC(=O)[C@H]1C[C@H](NC(=O)NCCc2ccccc2)[C@H](c2nc(-c3ccccc3)no2)C1. The summed E-state index contributed by atoms with van der Waals surface area (Å²) in [6.07, 6.45) is 1.72. The quantitative estimate of drug-likeness (QED) is 0.387. The Morgan fingerprint density at radius 3 is 2.49 bits per heavy atom. The molecule has 3 N–H and O–H groups in total. The number of amides is 3. The minimum atomic E-state index is -0.311. The van der Waals surface area contributed by atoms with Gasteiger partial charge in [0.1, 0.15) is 0 Å². The number of nitrogens with zero attached hydrogens (tertiary/aromatic N) is 2. The predicted molar refractivity (Wildman–Crippen MR) is 131 cm³/mol. The number of benzene rings is 2. The molecule has 35 heavy (non-hydrogen) atoms. The number of urea groups is 1. The molecule has 0 aliphatic heterocycles. The maximum atomic E-state index is 12.7. The molecule has 0 saturated heterocycles. The molecule has 0 radical (unpaired) electrons. The van der Waals surface area contributed by atoms with E-state index in [4.69, 9.17) is 9.26 Å². The summed E-state index contributed by atoms with van der Waals surface area (Å²) in [5.74, 6) is 0.297. The van der Waals surface area contributed by atoms with Crippen LogP contribution in [0.4, 0.5) is 4.79 Å². The second-order valence-corrected chi connectivity index (χ2v) is 8.62. The summed E-state index contributed by atoms with van der Waals surface area (Å²) in [6, 6.07) is 18.9. The number of carbonyl (C=O) groups excluding carboxylic acids is 2. The second kappa shape index (κ2) is 12.1. The van der Waals surface area contributed by atoms with Gasteiger partial charge in [-0.2, -0.15) is 4.98 Å². The van der Waals surface area contributed by atoms with Gasteiger partial charge in [-0.15, -0.1) is 0 Å². The highest BCUT2D eigenvalue weighted by Gasteiger charge is 2.42. The van der Waals surface area contributed by atoms with Crippen LogP contribution in [0.2, 0.25) is 0 Å². The van der Waals surface area contributed by atoms with Crippen molar-refractivity contribution in [2.45, 2.75) is 31.2 Å². The van der Waals surface area contributed by atoms with E-state index in [0.717, 1.165) is 17.5 Å². The normalized spacial score (nSPS) is 19.3. The Bertz CT molecular complexity index is 1090. The fraction of sp³-hybridized carbons (Fsp3) is 0.385. The van der Waals surface area contributed by atoms with Crippen LogP contribution < -0.4 is 16.0 Å². The van der Waals surface area contributed by atoms with E-state index in [0.29, 0.717) is 44.3 Å². The molecule has 184 valence electrons. The van der Waals surface area contributed by atoms with Crippen molar-refractivity contribution in [3.05, 3.63) is 72.1 Å². The van der Waals surface area contributed by atoms with E-state index in [2.05, 4.69) is 26.1 Å². The van der Waals surface area contributed by atoms with Crippen molar-refractivity contribution < 1.29 is 18.8 Å². The summed E-state index contributed by atoms with van der Waals surface area (Å²) in [5.41, 5.74) is 2.00. The molecule has 1 aliphatic carbocycles. The topological polar surface area (TPSA) is 118 Å². The van der Waals surface area contributed by atoms with Crippen LogP contribution >= 0.6 is 0 Å². The Morgan fingerprint density at radius 1 is 1.00 bits per heavy atom. The Balaban J connectivity index is 1.41. The van der Waals surface area contributed by atoms with Crippen LogP contribution in [0.3, 0.4) is 0 Å². The molecular weight excluding hydrogens is 446 g/mol. The van der Waals surface area contributed by atoms with E-state index in [9.17, 15) is 9.59 Å². The highest BCUT2D eigenvalue weighted by Crippen LogP contribution is 2.38. The van der Waals surface area contributed by atoms with E-state index in [1.54, 1.807) is 7.11 Å². The Kier molecular flexibility index (Phi) is 8.45.